The molecule has 0 aliphatic rings. The molecule has 0 saturated heterocycles. The van der Waals surface area contributed by atoms with Crippen molar-refractivity contribution >= 4 is 11.7 Å². The predicted molar refractivity (Wildman–Crippen MR) is 73.3 cm³/mol. The lowest BCUT2D eigenvalue weighted by molar-refractivity contribution is 0.0697. The fourth-order valence-corrected chi connectivity index (χ4v) is 1.72. The largest absolute Gasteiger partial charge is 0.487 e. The molecule has 3 N–H and O–H groups in total. The summed E-state index contributed by atoms with van der Waals surface area (Å²) < 4.78 is 19.0. The van der Waals surface area contributed by atoms with Crippen LogP contribution in [0.2, 0.25) is 0 Å². The molecule has 2 rings (SSSR count). The van der Waals surface area contributed by atoms with Crippen LogP contribution in [0.15, 0.2) is 36.4 Å². The van der Waals surface area contributed by atoms with E-state index < -0.39 is 11.8 Å². The molecule has 0 aliphatic carbocycles. The van der Waals surface area contributed by atoms with Gasteiger partial charge in [-0.15, -0.1) is 0 Å². The minimum absolute atomic E-state index is 0.0394. The first-order valence-corrected chi connectivity index (χ1v) is 5.95. The van der Waals surface area contributed by atoms with Gasteiger partial charge in [0.25, 0.3) is 0 Å². The molecule has 106 valence electrons. The Kier molecular flexibility index (Phi) is 4.05. The number of rotatable bonds is 4. The number of nitrogen functional groups attached to an aromatic ring is 1. The van der Waals surface area contributed by atoms with Crippen molar-refractivity contribution in [1.29, 1.82) is 5.26 Å². The van der Waals surface area contributed by atoms with Gasteiger partial charge in [0.05, 0.1) is 22.9 Å². The lowest BCUT2D eigenvalue weighted by atomic mass is 10.1. The molecule has 2 aromatic rings. The molecule has 0 bridgehead atoms. The van der Waals surface area contributed by atoms with Crippen LogP contribution in [0.3, 0.4) is 0 Å². The van der Waals surface area contributed by atoms with Gasteiger partial charge in [-0.1, -0.05) is 0 Å². The molecule has 0 saturated carbocycles. The molecule has 21 heavy (non-hydrogen) atoms. The second-order valence-corrected chi connectivity index (χ2v) is 4.26. The number of benzene rings is 2. The number of carboxylic acids is 1. The van der Waals surface area contributed by atoms with Gasteiger partial charge >= 0.3 is 5.97 Å². The minimum Gasteiger partial charge on any atom is -0.487 e. The Hall–Kier alpha value is -3.07. The van der Waals surface area contributed by atoms with Crippen molar-refractivity contribution in [2.45, 2.75) is 6.61 Å². The number of ether oxygens (including phenoxy) is 1. The van der Waals surface area contributed by atoms with Crippen LogP contribution in [0.4, 0.5) is 10.1 Å². The molecular formula is C15H11FN2O3. The molecule has 0 radical (unpaired) electrons. The summed E-state index contributed by atoms with van der Waals surface area (Å²) in [6.45, 7) is -0.113. The van der Waals surface area contributed by atoms with E-state index in [0.29, 0.717) is 5.56 Å². The third kappa shape index (κ3) is 3.28. The maximum atomic E-state index is 13.6. The Balaban J connectivity index is 2.17. The monoisotopic (exact) mass is 286 g/mol. The second kappa shape index (κ2) is 5.92. The van der Waals surface area contributed by atoms with Crippen LogP contribution in [0.5, 0.6) is 5.75 Å². The summed E-state index contributed by atoms with van der Waals surface area (Å²) in [6, 6.07) is 9.87. The predicted octanol–water partition coefficient (Wildman–Crippen LogP) is 2.56. The van der Waals surface area contributed by atoms with Gasteiger partial charge in [0.15, 0.2) is 0 Å². The zero-order valence-electron chi connectivity index (χ0n) is 10.8. The summed E-state index contributed by atoms with van der Waals surface area (Å²) in [5, 5.41) is 17.6. The van der Waals surface area contributed by atoms with E-state index >= 15 is 0 Å². The van der Waals surface area contributed by atoms with E-state index in [9.17, 15) is 9.18 Å². The number of carbonyl (C=O) groups is 1. The highest BCUT2D eigenvalue weighted by Gasteiger charge is 2.09. The molecule has 0 unspecified atom stereocenters. The van der Waals surface area contributed by atoms with Crippen molar-refractivity contribution in [3.05, 3.63) is 58.9 Å². The summed E-state index contributed by atoms with van der Waals surface area (Å²) in [6.07, 6.45) is 0. The summed E-state index contributed by atoms with van der Waals surface area (Å²) in [4.78, 5) is 10.8. The number of nitrogens with two attached hydrogens (primary N) is 1. The fourth-order valence-electron chi connectivity index (χ4n) is 1.72. The first-order valence-electron chi connectivity index (χ1n) is 5.95. The first kappa shape index (κ1) is 14.3. The van der Waals surface area contributed by atoms with Crippen LogP contribution in [-0.2, 0) is 6.61 Å². The maximum absolute atomic E-state index is 13.6. The molecule has 0 aromatic heterocycles. The average Bonchev–Trinajstić information content (AvgIpc) is 2.47. The van der Waals surface area contributed by atoms with Crippen LogP contribution < -0.4 is 10.5 Å². The van der Waals surface area contributed by atoms with E-state index in [-0.39, 0.29) is 29.2 Å². The van der Waals surface area contributed by atoms with Gasteiger partial charge in [0, 0.05) is 5.56 Å². The molecule has 0 atom stereocenters. The van der Waals surface area contributed by atoms with Gasteiger partial charge in [-0.25, -0.2) is 9.18 Å². The van der Waals surface area contributed by atoms with Gasteiger partial charge in [-0.2, -0.15) is 5.26 Å². The van der Waals surface area contributed by atoms with Crippen molar-refractivity contribution in [3.8, 4) is 11.8 Å². The van der Waals surface area contributed by atoms with E-state index in [4.69, 9.17) is 20.8 Å². The zero-order chi connectivity index (χ0) is 15.4. The van der Waals surface area contributed by atoms with Crippen molar-refractivity contribution < 1.29 is 19.0 Å². The Bertz CT molecular complexity index is 738. The van der Waals surface area contributed by atoms with Crippen molar-refractivity contribution in [2.75, 3.05) is 5.73 Å². The quantitative estimate of drug-likeness (QED) is 0.842. The third-order valence-electron chi connectivity index (χ3n) is 2.81. The summed E-state index contributed by atoms with van der Waals surface area (Å²) in [7, 11) is 0. The molecule has 0 heterocycles. The molecule has 0 fully saturated rings. The molecule has 5 nitrogen and oxygen atoms in total. The molecule has 2 aromatic carbocycles. The van der Waals surface area contributed by atoms with Crippen molar-refractivity contribution in [1.82, 2.24) is 0 Å². The molecule has 0 aliphatic heterocycles. The number of nitrogens with zero attached hydrogens (tertiary/aromatic N) is 1. The number of anilines is 1. The fraction of sp³-hybridized carbons (Fsp3) is 0.0667. The summed E-state index contributed by atoms with van der Waals surface area (Å²) in [5.41, 5.74) is 6.41. The number of nitriles is 1. The Morgan fingerprint density at radius 1 is 1.33 bits per heavy atom. The molecule has 0 spiro atoms. The van der Waals surface area contributed by atoms with E-state index in [1.165, 1.54) is 36.4 Å². The van der Waals surface area contributed by atoms with Crippen LogP contribution in [-0.4, -0.2) is 11.1 Å². The second-order valence-electron chi connectivity index (χ2n) is 4.26. The highest BCUT2D eigenvalue weighted by atomic mass is 19.1. The summed E-state index contributed by atoms with van der Waals surface area (Å²) >= 11 is 0. The van der Waals surface area contributed by atoms with Crippen LogP contribution >= 0.6 is 0 Å². The summed E-state index contributed by atoms with van der Waals surface area (Å²) in [5.74, 6) is -1.34. The van der Waals surface area contributed by atoms with Crippen LogP contribution in [0, 0.1) is 17.1 Å². The Labute approximate surface area is 120 Å². The standard InChI is InChI=1S/C15H11FN2O3/c16-12-3-1-9(7-17)5-11(12)8-21-14-4-2-10(15(19)20)6-13(14)18/h1-6H,8,18H2,(H,19,20). The number of aromatic carboxylic acids is 1. The normalized spacial score (nSPS) is 9.90. The highest BCUT2D eigenvalue weighted by Crippen LogP contribution is 2.24. The van der Waals surface area contributed by atoms with E-state index in [0.717, 1.165) is 0 Å². The lowest BCUT2D eigenvalue weighted by Crippen LogP contribution is -2.03. The van der Waals surface area contributed by atoms with Gasteiger partial charge in [-0.3, -0.25) is 0 Å². The van der Waals surface area contributed by atoms with Gasteiger partial charge in [0.1, 0.15) is 18.2 Å². The number of hydrogen-bond donors (Lipinski definition) is 2. The average molecular weight is 286 g/mol. The minimum atomic E-state index is -1.10. The number of halogens is 1. The third-order valence-corrected chi connectivity index (χ3v) is 2.81. The van der Waals surface area contributed by atoms with E-state index in [2.05, 4.69) is 0 Å². The molecule has 6 heteroatoms. The topological polar surface area (TPSA) is 96.3 Å². The SMILES string of the molecule is N#Cc1ccc(F)c(COc2ccc(C(=O)O)cc2N)c1. The van der Waals surface area contributed by atoms with Gasteiger partial charge < -0.3 is 15.6 Å². The van der Waals surface area contributed by atoms with Crippen LogP contribution in [0.1, 0.15) is 21.5 Å². The number of carboxylic acid groups (broad SMARTS) is 1. The van der Waals surface area contributed by atoms with Crippen molar-refractivity contribution in [3.63, 3.8) is 0 Å². The zero-order valence-corrected chi connectivity index (χ0v) is 10.8. The number of hydrogen-bond acceptors (Lipinski definition) is 4. The maximum Gasteiger partial charge on any atom is 0.335 e. The smallest absolute Gasteiger partial charge is 0.335 e. The Morgan fingerprint density at radius 3 is 2.71 bits per heavy atom. The Morgan fingerprint density at radius 2 is 2.10 bits per heavy atom. The molecule has 0 amide bonds. The van der Waals surface area contributed by atoms with Gasteiger partial charge in [0.2, 0.25) is 0 Å². The lowest BCUT2D eigenvalue weighted by Gasteiger charge is -2.10. The van der Waals surface area contributed by atoms with Crippen LogP contribution in [0.25, 0.3) is 0 Å². The van der Waals surface area contributed by atoms with E-state index in [1.807, 2.05) is 6.07 Å². The molecular weight excluding hydrogens is 275 g/mol. The van der Waals surface area contributed by atoms with Gasteiger partial charge in [-0.05, 0) is 36.4 Å². The first-order chi connectivity index (χ1) is 10.0. The van der Waals surface area contributed by atoms with Crippen molar-refractivity contribution in [2.24, 2.45) is 0 Å². The van der Waals surface area contributed by atoms with E-state index in [1.54, 1.807) is 0 Å². The highest BCUT2D eigenvalue weighted by molar-refractivity contribution is 5.89.